The van der Waals surface area contributed by atoms with Gasteiger partial charge in [0.25, 0.3) is 0 Å². The van der Waals surface area contributed by atoms with Crippen LogP contribution in [0.15, 0.2) is 53.6 Å². The van der Waals surface area contributed by atoms with Gasteiger partial charge >= 0.3 is 0 Å². The average Bonchev–Trinajstić information content (AvgIpc) is 3.02. The SMILES string of the molecule is CCOc1ccc(-c2n[nH]c(=S)n2/N=C/c2cccc(OC)c2)cc1. The molecule has 0 saturated carbocycles. The first kappa shape index (κ1) is 16.9. The van der Waals surface area contributed by atoms with Crippen LogP contribution in [0, 0.1) is 4.77 Å². The molecule has 3 aromatic rings. The molecule has 0 spiro atoms. The largest absolute Gasteiger partial charge is 0.497 e. The van der Waals surface area contributed by atoms with Gasteiger partial charge in [-0.3, -0.25) is 0 Å². The molecular weight excluding hydrogens is 336 g/mol. The zero-order chi connectivity index (χ0) is 17.6. The lowest BCUT2D eigenvalue weighted by Gasteiger charge is -2.05. The summed E-state index contributed by atoms with van der Waals surface area (Å²) in [5.41, 5.74) is 1.79. The first-order valence-electron chi connectivity index (χ1n) is 7.80. The van der Waals surface area contributed by atoms with Gasteiger partial charge in [0, 0.05) is 5.56 Å². The van der Waals surface area contributed by atoms with Crippen molar-refractivity contribution in [3.05, 3.63) is 58.9 Å². The first-order valence-corrected chi connectivity index (χ1v) is 8.21. The summed E-state index contributed by atoms with van der Waals surface area (Å²) in [6.45, 7) is 2.58. The van der Waals surface area contributed by atoms with Gasteiger partial charge in [0.05, 0.1) is 19.9 Å². The van der Waals surface area contributed by atoms with E-state index in [1.807, 2.05) is 55.5 Å². The summed E-state index contributed by atoms with van der Waals surface area (Å²) >= 11 is 5.29. The number of aromatic nitrogens is 3. The quantitative estimate of drug-likeness (QED) is 0.539. The molecular formula is C18H18N4O2S. The highest BCUT2D eigenvalue weighted by molar-refractivity contribution is 7.71. The molecule has 0 bridgehead atoms. The normalized spacial score (nSPS) is 11.0. The van der Waals surface area contributed by atoms with Gasteiger partial charge in [-0.15, -0.1) is 0 Å². The Hall–Kier alpha value is -2.93. The van der Waals surface area contributed by atoms with E-state index in [9.17, 15) is 0 Å². The summed E-state index contributed by atoms with van der Waals surface area (Å²) < 4.78 is 12.7. The van der Waals surface area contributed by atoms with Gasteiger partial charge in [-0.2, -0.15) is 14.9 Å². The molecule has 0 aliphatic carbocycles. The Morgan fingerprint density at radius 2 is 2.00 bits per heavy atom. The minimum atomic E-state index is 0.419. The van der Waals surface area contributed by atoms with E-state index < -0.39 is 0 Å². The lowest BCUT2D eigenvalue weighted by atomic mass is 10.2. The molecule has 25 heavy (non-hydrogen) atoms. The summed E-state index contributed by atoms with van der Waals surface area (Å²) in [6, 6.07) is 15.3. The van der Waals surface area contributed by atoms with E-state index in [2.05, 4.69) is 15.3 Å². The summed E-state index contributed by atoms with van der Waals surface area (Å²) in [5.74, 6) is 2.21. The number of hydrogen-bond acceptors (Lipinski definition) is 5. The van der Waals surface area contributed by atoms with E-state index in [1.165, 1.54) is 0 Å². The van der Waals surface area contributed by atoms with Crippen molar-refractivity contribution in [3.8, 4) is 22.9 Å². The fraction of sp³-hybridized carbons (Fsp3) is 0.167. The predicted octanol–water partition coefficient (Wildman–Crippen LogP) is 3.90. The maximum Gasteiger partial charge on any atom is 0.216 e. The highest BCUT2D eigenvalue weighted by Crippen LogP contribution is 2.21. The Labute approximate surface area is 150 Å². The maximum atomic E-state index is 5.46. The second-order valence-corrected chi connectivity index (χ2v) is 5.53. The summed E-state index contributed by atoms with van der Waals surface area (Å²) in [4.78, 5) is 0. The van der Waals surface area contributed by atoms with Crippen molar-refractivity contribution in [2.24, 2.45) is 5.10 Å². The van der Waals surface area contributed by atoms with Crippen LogP contribution in [0.25, 0.3) is 11.4 Å². The van der Waals surface area contributed by atoms with Gasteiger partial charge in [0.2, 0.25) is 4.77 Å². The third kappa shape index (κ3) is 3.95. The van der Waals surface area contributed by atoms with Crippen LogP contribution in [0.2, 0.25) is 0 Å². The third-order valence-electron chi connectivity index (χ3n) is 3.49. The van der Waals surface area contributed by atoms with Crippen molar-refractivity contribution in [2.45, 2.75) is 6.92 Å². The van der Waals surface area contributed by atoms with Crippen LogP contribution in [0.3, 0.4) is 0 Å². The van der Waals surface area contributed by atoms with Crippen molar-refractivity contribution in [1.82, 2.24) is 14.9 Å². The third-order valence-corrected chi connectivity index (χ3v) is 3.75. The average molecular weight is 354 g/mol. The van der Waals surface area contributed by atoms with Crippen LogP contribution in [-0.2, 0) is 0 Å². The molecule has 2 aromatic carbocycles. The standard InChI is InChI=1S/C18H18N4O2S/c1-3-24-15-9-7-14(8-10-15)17-20-21-18(25)22(17)19-12-13-5-4-6-16(11-13)23-2/h4-12H,3H2,1-2H3,(H,21,25)/b19-12+. The molecule has 0 saturated heterocycles. The molecule has 0 radical (unpaired) electrons. The number of hydrogen-bond donors (Lipinski definition) is 1. The topological polar surface area (TPSA) is 64.4 Å². The highest BCUT2D eigenvalue weighted by Gasteiger charge is 2.08. The first-order chi connectivity index (χ1) is 12.2. The van der Waals surface area contributed by atoms with Crippen LogP contribution in [0.5, 0.6) is 11.5 Å². The molecule has 3 rings (SSSR count). The van der Waals surface area contributed by atoms with E-state index >= 15 is 0 Å². The molecule has 0 aliphatic heterocycles. The molecule has 128 valence electrons. The molecule has 0 aliphatic rings. The van der Waals surface area contributed by atoms with Crippen molar-refractivity contribution in [1.29, 1.82) is 0 Å². The Balaban J connectivity index is 1.91. The van der Waals surface area contributed by atoms with E-state index in [0.717, 1.165) is 22.6 Å². The minimum absolute atomic E-state index is 0.419. The number of nitrogens with zero attached hydrogens (tertiary/aromatic N) is 3. The van der Waals surface area contributed by atoms with Gasteiger partial charge in [0.1, 0.15) is 11.5 Å². The number of benzene rings is 2. The van der Waals surface area contributed by atoms with Crippen LogP contribution in [0.1, 0.15) is 12.5 Å². The van der Waals surface area contributed by atoms with E-state index in [0.29, 0.717) is 17.2 Å². The lowest BCUT2D eigenvalue weighted by Crippen LogP contribution is -1.96. The van der Waals surface area contributed by atoms with Crippen molar-refractivity contribution in [2.75, 3.05) is 13.7 Å². The van der Waals surface area contributed by atoms with E-state index in [1.54, 1.807) is 18.0 Å². The van der Waals surface area contributed by atoms with Gasteiger partial charge in [-0.05, 0) is 61.1 Å². The number of rotatable bonds is 6. The predicted molar refractivity (Wildman–Crippen MR) is 100 cm³/mol. The molecule has 1 heterocycles. The van der Waals surface area contributed by atoms with Gasteiger partial charge < -0.3 is 9.47 Å². The fourth-order valence-corrected chi connectivity index (χ4v) is 2.48. The number of H-pyrrole nitrogens is 1. The number of aromatic amines is 1. The second-order valence-electron chi connectivity index (χ2n) is 5.14. The zero-order valence-electron chi connectivity index (χ0n) is 14.0. The van der Waals surface area contributed by atoms with Crippen LogP contribution >= 0.6 is 12.2 Å². The Morgan fingerprint density at radius 1 is 1.20 bits per heavy atom. The van der Waals surface area contributed by atoms with Crippen LogP contribution in [0.4, 0.5) is 0 Å². The highest BCUT2D eigenvalue weighted by atomic mass is 32.1. The van der Waals surface area contributed by atoms with Gasteiger partial charge in [-0.25, -0.2) is 5.10 Å². The fourth-order valence-electron chi connectivity index (χ4n) is 2.30. The summed E-state index contributed by atoms with van der Waals surface area (Å²) in [5, 5.41) is 11.5. The monoisotopic (exact) mass is 354 g/mol. The molecule has 1 N–H and O–H groups in total. The van der Waals surface area contributed by atoms with Crippen molar-refractivity contribution >= 4 is 18.4 Å². The van der Waals surface area contributed by atoms with E-state index in [-0.39, 0.29) is 0 Å². The van der Waals surface area contributed by atoms with Crippen LogP contribution < -0.4 is 9.47 Å². The number of methoxy groups -OCH3 is 1. The zero-order valence-corrected chi connectivity index (χ0v) is 14.8. The van der Waals surface area contributed by atoms with Crippen LogP contribution in [-0.4, -0.2) is 34.8 Å². The molecule has 6 nitrogen and oxygen atoms in total. The smallest absolute Gasteiger partial charge is 0.216 e. The Kier molecular flexibility index (Phi) is 5.25. The Morgan fingerprint density at radius 3 is 2.72 bits per heavy atom. The molecule has 1 aromatic heterocycles. The molecule has 7 heteroatoms. The lowest BCUT2D eigenvalue weighted by molar-refractivity contribution is 0.340. The van der Waals surface area contributed by atoms with Gasteiger partial charge in [-0.1, -0.05) is 12.1 Å². The second kappa shape index (κ2) is 7.76. The minimum Gasteiger partial charge on any atom is -0.497 e. The molecule has 0 atom stereocenters. The summed E-state index contributed by atoms with van der Waals surface area (Å²) in [6.07, 6.45) is 1.71. The Bertz CT molecular complexity index is 929. The number of ether oxygens (including phenoxy) is 2. The van der Waals surface area contributed by atoms with Gasteiger partial charge in [0.15, 0.2) is 5.82 Å². The van der Waals surface area contributed by atoms with Crippen molar-refractivity contribution < 1.29 is 9.47 Å². The number of nitrogens with one attached hydrogen (secondary N) is 1. The molecule has 0 unspecified atom stereocenters. The van der Waals surface area contributed by atoms with E-state index in [4.69, 9.17) is 21.7 Å². The molecule has 0 amide bonds. The molecule has 0 fully saturated rings. The maximum absolute atomic E-state index is 5.46. The summed E-state index contributed by atoms with van der Waals surface area (Å²) in [7, 11) is 1.63. The van der Waals surface area contributed by atoms with Crippen molar-refractivity contribution in [3.63, 3.8) is 0 Å².